The van der Waals surface area contributed by atoms with Gasteiger partial charge >= 0.3 is 0 Å². The molecule has 30 heavy (non-hydrogen) atoms. The Morgan fingerprint density at radius 1 is 1.30 bits per heavy atom. The van der Waals surface area contributed by atoms with E-state index in [0.29, 0.717) is 18.0 Å². The van der Waals surface area contributed by atoms with Gasteiger partial charge in [-0.05, 0) is 30.7 Å². The zero-order chi connectivity index (χ0) is 22.3. The molecule has 2 atom stereocenters. The predicted molar refractivity (Wildman–Crippen MR) is 110 cm³/mol. The lowest BCUT2D eigenvalue weighted by Crippen LogP contribution is -2.58. The fraction of sp³-hybridized carbons (Fsp3) is 0.588. The number of hydroxylamine groups is 1. The van der Waals surface area contributed by atoms with Crippen LogP contribution in [0.3, 0.4) is 0 Å². The van der Waals surface area contributed by atoms with Gasteiger partial charge in [-0.3, -0.25) is 19.1 Å². The molecule has 0 saturated carbocycles. The van der Waals surface area contributed by atoms with Crippen LogP contribution in [0.25, 0.3) is 0 Å². The van der Waals surface area contributed by atoms with Crippen LogP contribution in [0.5, 0.6) is 5.75 Å². The number of hydrogen-bond donors (Lipinski definition) is 2. The first kappa shape index (κ1) is 24.5. The normalized spacial score (nSPS) is 17.9. The largest absolute Gasteiger partial charge is 0.755 e. The molecule has 1 fully saturated rings. The summed E-state index contributed by atoms with van der Waals surface area (Å²) in [5.41, 5.74) is 1.90. The molecule has 1 aliphatic heterocycles. The first-order valence-electron chi connectivity index (χ1n) is 9.40. The molecule has 0 aromatic heterocycles. The molecule has 1 aromatic rings. The van der Waals surface area contributed by atoms with Gasteiger partial charge in [0.25, 0.3) is 5.91 Å². The minimum Gasteiger partial charge on any atom is -0.755 e. The van der Waals surface area contributed by atoms with Crippen LogP contribution in [0.15, 0.2) is 24.3 Å². The Kier molecular flexibility index (Phi) is 9.00. The van der Waals surface area contributed by atoms with Crippen LogP contribution in [0.2, 0.25) is 0 Å². The molecular weight excluding hydrogens is 436 g/mol. The number of nitrogens with one attached hydrogen (secondary N) is 1. The predicted octanol–water partition coefficient (Wildman–Crippen LogP) is -0.473. The van der Waals surface area contributed by atoms with Crippen molar-refractivity contribution in [3.05, 3.63) is 24.3 Å². The van der Waals surface area contributed by atoms with Gasteiger partial charge in [0.05, 0.1) is 19.4 Å². The maximum atomic E-state index is 12.3. The topological polar surface area (TPSA) is 143 Å². The summed E-state index contributed by atoms with van der Waals surface area (Å²) in [7, 11) is -3.36. The second-order valence-corrected chi connectivity index (χ2v) is 9.67. The molecule has 11 nitrogen and oxygen atoms in total. The van der Waals surface area contributed by atoms with Gasteiger partial charge in [0.15, 0.2) is 0 Å². The number of hydrogen-bond acceptors (Lipinski definition) is 8. The van der Waals surface area contributed by atoms with E-state index in [-0.39, 0.29) is 32.7 Å². The van der Waals surface area contributed by atoms with Crippen molar-refractivity contribution in [2.75, 3.05) is 49.9 Å². The van der Waals surface area contributed by atoms with Crippen LogP contribution in [-0.2, 0) is 26.1 Å². The Balaban J connectivity index is 2.16. The molecular formula is C17H27N4O7S2-. The smallest absolute Gasteiger partial charge is 0.262 e. The SMILES string of the molecule is CCCOc1ccc(N(C[C@@H](C(=O)NO)N2CCN(S(C)(=O)=O)CC2)S(=O)[O-])cc1. The highest BCUT2D eigenvalue weighted by Gasteiger charge is 2.33. The lowest BCUT2D eigenvalue weighted by atomic mass is 10.2. The lowest BCUT2D eigenvalue weighted by molar-refractivity contribution is -0.134. The van der Waals surface area contributed by atoms with E-state index in [1.807, 2.05) is 6.92 Å². The number of carbonyl (C=O) groups excluding carboxylic acids is 1. The second-order valence-electron chi connectivity index (χ2n) is 6.81. The number of benzene rings is 1. The standard InChI is InChI=1S/C17H28N4O7S2/c1-3-12-28-15-6-4-14(5-7-15)21(29(24)25)13-16(17(22)18-23)19-8-10-20(11-9-19)30(2,26)27/h4-7,16,23H,3,8-13H2,1-2H3,(H,18,22)(H,24,25)/p-1/t16-/m0/s1. The molecule has 0 bridgehead atoms. The molecule has 1 amide bonds. The third-order valence-electron chi connectivity index (χ3n) is 4.71. The van der Waals surface area contributed by atoms with E-state index in [9.17, 15) is 22.0 Å². The molecule has 2 N–H and O–H groups in total. The summed E-state index contributed by atoms with van der Waals surface area (Å²) in [6.45, 7) is 3.02. The van der Waals surface area contributed by atoms with E-state index < -0.39 is 33.2 Å². The highest BCUT2D eigenvalue weighted by atomic mass is 32.2. The zero-order valence-electron chi connectivity index (χ0n) is 16.9. The van der Waals surface area contributed by atoms with E-state index in [4.69, 9.17) is 9.94 Å². The first-order valence-corrected chi connectivity index (χ1v) is 12.3. The highest BCUT2D eigenvalue weighted by Crippen LogP contribution is 2.22. The molecule has 1 heterocycles. The summed E-state index contributed by atoms with van der Waals surface area (Å²) in [6, 6.07) is 5.39. The van der Waals surface area contributed by atoms with Crippen molar-refractivity contribution in [2.45, 2.75) is 19.4 Å². The molecule has 1 saturated heterocycles. The molecule has 0 radical (unpaired) electrons. The minimum absolute atomic E-state index is 0.165. The minimum atomic E-state index is -3.36. The summed E-state index contributed by atoms with van der Waals surface area (Å²) < 4.78 is 54.9. The second kappa shape index (κ2) is 11.0. The van der Waals surface area contributed by atoms with Gasteiger partial charge < -0.3 is 13.6 Å². The van der Waals surface area contributed by atoms with Crippen LogP contribution in [-0.4, -0.2) is 89.1 Å². The first-order chi connectivity index (χ1) is 14.2. The van der Waals surface area contributed by atoms with E-state index in [1.54, 1.807) is 34.6 Å². The monoisotopic (exact) mass is 463 g/mol. The number of ether oxygens (including phenoxy) is 1. The fourth-order valence-corrected chi connectivity index (χ4v) is 4.51. The van der Waals surface area contributed by atoms with E-state index in [1.165, 1.54) is 4.31 Å². The van der Waals surface area contributed by atoms with Crippen molar-refractivity contribution in [1.82, 2.24) is 14.7 Å². The molecule has 0 spiro atoms. The summed E-state index contributed by atoms with van der Waals surface area (Å²) in [5, 5.41) is 9.14. The third kappa shape index (κ3) is 6.62. The average Bonchev–Trinajstić information content (AvgIpc) is 2.72. The lowest BCUT2D eigenvalue weighted by Gasteiger charge is -2.39. The van der Waals surface area contributed by atoms with Gasteiger partial charge in [0.1, 0.15) is 11.8 Å². The number of anilines is 1. The summed E-state index contributed by atoms with van der Waals surface area (Å²) in [4.78, 5) is 13.9. The summed E-state index contributed by atoms with van der Waals surface area (Å²) in [5.74, 6) is -0.181. The number of carbonyl (C=O) groups is 1. The van der Waals surface area contributed by atoms with E-state index in [2.05, 4.69) is 0 Å². The van der Waals surface area contributed by atoms with E-state index in [0.717, 1.165) is 17.0 Å². The molecule has 13 heteroatoms. The number of rotatable bonds is 10. The summed E-state index contributed by atoms with van der Waals surface area (Å²) >= 11 is -2.68. The molecule has 1 aromatic carbocycles. The van der Waals surface area contributed by atoms with Crippen LogP contribution in [0.4, 0.5) is 5.69 Å². The van der Waals surface area contributed by atoms with Gasteiger partial charge in [0.2, 0.25) is 10.0 Å². The zero-order valence-corrected chi connectivity index (χ0v) is 18.5. The van der Waals surface area contributed by atoms with Gasteiger partial charge in [-0.25, -0.2) is 13.9 Å². The number of nitrogens with zero attached hydrogens (tertiary/aromatic N) is 3. The van der Waals surface area contributed by atoms with Crippen molar-refractivity contribution >= 4 is 32.9 Å². The average molecular weight is 464 g/mol. The van der Waals surface area contributed by atoms with Gasteiger partial charge in [-0.1, -0.05) is 6.92 Å². The van der Waals surface area contributed by atoms with Crippen LogP contribution in [0.1, 0.15) is 13.3 Å². The van der Waals surface area contributed by atoms with Crippen LogP contribution in [0, 0.1) is 0 Å². The van der Waals surface area contributed by atoms with Gasteiger partial charge in [-0.15, -0.1) is 0 Å². The maximum absolute atomic E-state index is 12.3. The van der Waals surface area contributed by atoms with Crippen molar-refractivity contribution in [1.29, 1.82) is 0 Å². The van der Waals surface area contributed by atoms with Crippen molar-refractivity contribution in [2.24, 2.45) is 0 Å². The van der Waals surface area contributed by atoms with Crippen molar-refractivity contribution in [3.8, 4) is 5.75 Å². The quantitative estimate of drug-likeness (QED) is 0.269. The van der Waals surface area contributed by atoms with Crippen molar-refractivity contribution in [3.63, 3.8) is 0 Å². The molecule has 2 rings (SSSR count). The highest BCUT2D eigenvalue weighted by molar-refractivity contribution is 7.88. The van der Waals surface area contributed by atoms with Gasteiger partial charge in [-0.2, -0.15) is 4.31 Å². The Morgan fingerprint density at radius 2 is 1.90 bits per heavy atom. The molecule has 1 aliphatic rings. The fourth-order valence-electron chi connectivity index (χ4n) is 3.12. The number of amides is 1. The Morgan fingerprint density at radius 3 is 2.37 bits per heavy atom. The van der Waals surface area contributed by atoms with Crippen LogP contribution < -0.4 is 14.5 Å². The van der Waals surface area contributed by atoms with Crippen molar-refractivity contribution < 1.29 is 31.9 Å². The Labute approximate surface area is 179 Å². The van der Waals surface area contributed by atoms with E-state index >= 15 is 0 Å². The maximum Gasteiger partial charge on any atom is 0.262 e. The molecule has 0 aliphatic carbocycles. The van der Waals surface area contributed by atoms with Crippen LogP contribution >= 0.6 is 0 Å². The van der Waals surface area contributed by atoms with Gasteiger partial charge in [0, 0.05) is 43.1 Å². The Bertz CT molecular complexity index is 827. The molecule has 170 valence electrons. The third-order valence-corrected chi connectivity index (χ3v) is 6.74. The number of piperazine rings is 1. The summed E-state index contributed by atoms with van der Waals surface area (Å²) in [6.07, 6.45) is 1.94. The Hall–Kier alpha value is -1.77. The number of sulfonamides is 1. The molecule has 1 unspecified atom stereocenters.